The number of aromatic carboxylic acids is 1. The monoisotopic (exact) mass is 299 g/mol. The molecule has 6 heteroatoms. The number of nitrogens with zero attached hydrogens (tertiary/aromatic N) is 1. The van der Waals surface area contributed by atoms with Crippen LogP contribution in [0.4, 0.5) is 0 Å². The molecule has 2 rings (SSSR count). The minimum absolute atomic E-state index is 0.157. The highest BCUT2D eigenvalue weighted by Crippen LogP contribution is 2.27. The summed E-state index contributed by atoms with van der Waals surface area (Å²) >= 11 is 4.31. The Hall–Kier alpha value is -1.40. The molecule has 82 valence electrons. The second-order valence-corrected chi connectivity index (χ2v) is 4.76. The highest BCUT2D eigenvalue weighted by molar-refractivity contribution is 9.10. The van der Waals surface area contributed by atoms with Gasteiger partial charge in [0.25, 0.3) is 5.19 Å². The molecule has 0 aliphatic carbocycles. The predicted octanol–water partition coefficient (Wildman–Crippen LogP) is 3.40. The van der Waals surface area contributed by atoms with Gasteiger partial charge in [0.2, 0.25) is 0 Å². The Kier molecular flexibility index (Phi) is 3.21. The molecule has 0 aliphatic heterocycles. The molecule has 0 aliphatic rings. The van der Waals surface area contributed by atoms with Crippen LogP contribution in [-0.4, -0.2) is 16.1 Å². The normalized spacial score (nSPS) is 10.1. The van der Waals surface area contributed by atoms with Crippen molar-refractivity contribution in [3.8, 4) is 10.9 Å². The lowest BCUT2D eigenvalue weighted by Crippen LogP contribution is -1.89. The molecule has 0 radical (unpaired) electrons. The maximum atomic E-state index is 10.6. The molecule has 0 unspecified atom stereocenters. The van der Waals surface area contributed by atoms with E-state index in [0.29, 0.717) is 10.9 Å². The summed E-state index contributed by atoms with van der Waals surface area (Å²) in [4.78, 5) is 14.6. The molecular formula is C10H6BrNO3S. The zero-order valence-corrected chi connectivity index (χ0v) is 10.3. The van der Waals surface area contributed by atoms with Gasteiger partial charge < -0.3 is 9.84 Å². The summed E-state index contributed by atoms with van der Waals surface area (Å²) in [5, 5.41) is 9.03. The fourth-order valence-electron chi connectivity index (χ4n) is 1.04. The minimum Gasteiger partial charge on any atom is -0.477 e. The number of hydrogen-bond acceptors (Lipinski definition) is 4. The summed E-state index contributed by atoms with van der Waals surface area (Å²) < 4.78 is 6.29. The lowest BCUT2D eigenvalue weighted by molar-refractivity contribution is 0.0702. The van der Waals surface area contributed by atoms with E-state index in [-0.39, 0.29) is 4.88 Å². The van der Waals surface area contributed by atoms with E-state index in [9.17, 15) is 4.79 Å². The topological polar surface area (TPSA) is 59.4 Å². The highest BCUT2D eigenvalue weighted by Gasteiger charge is 2.09. The molecule has 0 amide bonds. The van der Waals surface area contributed by atoms with Gasteiger partial charge in [0.1, 0.15) is 10.6 Å². The van der Waals surface area contributed by atoms with Gasteiger partial charge in [0, 0.05) is 4.47 Å². The average molecular weight is 300 g/mol. The van der Waals surface area contributed by atoms with Crippen molar-refractivity contribution in [2.75, 3.05) is 0 Å². The van der Waals surface area contributed by atoms with Crippen molar-refractivity contribution in [2.24, 2.45) is 0 Å². The van der Waals surface area contributed by atoms with Crippen LogP contribution in [0.1, 0.15) is 9.67 Å². The zero-order chi connectivity index (χ0) is 11.5. The van der Waals surface area contributed by atoms with E-state index in [0.717, 1.165) is 15.8 Å². The Morgan fingerprint density at radius 2 is 2.31 bits per heavy atom. The second kappa shape index (κ2) is 4.63. The molecular weight excluding hydrogens is 294 g/mol. The van der Waals surface area contributed by atoms with Crippen molar-refractivity contribution in [3.05, 3.63) is 39.8 Å². The van der Waals surface area contributed by atoms with Crippen LogP contribution in [0.25, 0.3) is 0 Å². The summed E-state index contributed by atoms with van der Waals surface area (Å²) in [6, 6.07) is 7.25. The Morgan fingerprint density at radius 1 is 1.50 bits per heavy atom. The molecule has 2 aromatic rings. The van der Waals surface area contributed by atoms with Gasteiger partial charge in [-0.2, -0.15) is 0 Å². The number of carbonyl (C=O) groups is 1. The number of benzene rings is 1. The van der Waals surface area contributed by atoms with E-state index >= 15 is 0 Å². The lowest BCUT2D eigenvalue weighted by Gasteiger charge is -2.00. The molecule has 0 bridgehead atoms. The second-order valence-electron chi connectivity index (χ2n) is 2.86. The Bertz CT molecular complexity index is 526. The number of ether oxygens (including phenoxy) is 1. The summed E-state index contributed by atoms with van der Waals surface area (Å²) in [7, 11) is 0. The smallest absolute Gasteiger partial charge is 0.347 e. The van der Waals surface area contributed by atoms with E-state index in [1.165, 1.54) is 6.20 Å². The standard InChI is InChI=1S/C10H6BrNO3S/c11-6-2-1-3-7(4-6)15-10-12-5-8(16-10)9(13)14/h1-5H,(H,13,14). The van der Waals surface area contributed by atoms with Crippen LogP contribution in [0.5, 0.6) is 10.9 Å². The van der Waals surface area contributed by atoms with E-state index in [4.69, 9.17) is 9.84 Å². The molecule has 0 saturated carbocycles. The van der Waals surface area contributed by atoms with Gasteiger partial charge in [-0.3, -0.25) is 0 Å². The SMILES string of the molecule is O=C(O)c1cnc(Oc2cccc(Br)c2)s1. The van der Waals surface area contributed by atoms with Crippen LogP contribution < -0.4 is 4.74 Å². The largest absolute Gasteiger partial charge is 0.477 e. The summed E-state index contributed by atoms with van der Waals surface area (Å²) in [6.07, 6.45) is 1.28. The van der Waals surface area contributed by atoms with E-state index in [1.54, 1.807) is 12.1 Å². The van der Waals surface area contributed by atoms with Gasteiger partial charge in [-0.15, -0.1) is 0 Å². The van der Waals surface area contributed by atoms with Crippen molar-refractivity contribution in [3.63, 3.8) is 0 Å². The molecule has 1 aromatic heterocycles. The van der Waals surface area contributed by atoms with Crippen LogP contribution in [0.2, 0.25) is 0 Å². The molecule has 1 heterocycles. The van der Waals surface area contributed by atoms with Crippen LogP contribution in [-0.2, 0) is 0 Å². The van der Waals surface area contributed by atoms with Gasteiger partial charge in [0.15, 0.2) is 0 Å². The van der Waals surface area contributed by atoms with Gasteiger partial charge in [-0.25, -0.2) is 9.78 Å². The fourth-order valence-corrected chi connectivity index (χ4v) is 2.04. The quantitative estimate of drug-likeness (QED) is 0.944. The summed E-state index contributed by atoms with van der Waals surface area (Å²) in [5.74, 6) is -0.387. The van der Waals surface area contributed by atoms with Crippen LogP contribution >= 0.6 is 27.3 Å². The van der Waals surface area contributed by atoms with Gasteiger partial charge in [-0.1, -0.05) is 33.3 Å². The lowest BCUT2D eigenvalue weighted by atomic mass is 10.3. The van der Waals surface area contributed by atoms with Crippen LogP contribution in [0.15, 0.2) is 34.9 Å². The van der Waals surface area contributed by atoms with Crippen LogP contribution in [0, 0.1) is 0 Å². The van der Waals surface area contributed by atoms with Crippen LogP contribution in [0.3, 0.4) is 0 Å². The van der Waals surface area contributed by atoms with Gasteiger partial charge in [-0.05, 0) is 18.2 Å². The van der Waals surface area contributed by atoms with Gasteiger partial charge >= 0.3 is 5.97 Å². The summed E-state index contributed by atoms with van der Waals surface area (Å²) in [5.41, 5.74) is 0. The highest BCUT2D eigenvalue weighted by atomic mass is 79.9. The molecule has 4 nitrogen and oxygen atoms in total. The summed E-state index contributed by atoms with van der Waals surface area (Å²) in [6.45, 7) is 0. The fraction of sp³-hybridized carbons (Fsp3) is 0. The Balaban J connectivity index is 2.17. The Labute approximate surface area is 104 Å². The maximum Gasteiger partial charge on any atom is 0.347 e. The molecule has 0 atom stereocenters. The first-order valence-corrected chi connectivity index (χ1v) is 5.88. The number of carboxylic acids is 1. The van der Waals surface area contributed by atoms with Crippen molar-refractivity contribution >= 4 is 33.2 Å². The van der Waals surface area contributed by atoms with Crippen molar-refractivity contribution in [2.45, 2.75) is 0 Å². The van der Waals surface area contributed by atoms with Gasteiger partial charge in [0.05, 0.1) is 6.20 Å². The molecule has 1 N–H and O–H groups in total. The number of hydrogen-bond donors (Lipinski definition) is 1. The predicted molar refractivity (Wildman–Crippen MR) is 63.3 cm³/mol. The molecule has 16 heavy (non-hydrogen) atoms. The number of thiazole rings is 1. The third-order valence-corrected chi connectivity index (χ3v) is 3.05. The number of carboxylic acid groups (broad SMARTS) is 1. The number of rotatable bonds is 3. The van der Waals surface area contributed by atoms with Crippen molar-refractivity contribution in [1.29, 1.82) is 0 Å². The molecule has 1 aromatic carbocycles. The van der Waals surface area contributed by atoms with Crippen molar-refractivity contribution < 1.29 is 14.6 Å². The minimum atomic E-state index is -0.999. The number of halogens is 1. The average Bonchev–Trinajstić information content (AvgIpc) is 2.66. The first-order chi connectivity index (χ1) is 7.65. The first-order valence-electron chi connectivity index (χ1n) is 4.28. The maximum absolute atomic E-state index is 10.6. The van der Waals surface area contributed by atoms with Crippen molar-refractivity contribution in [1.82, 2.24) is 4.98 Å². The van der Waals surface area contributed by atoms with E-state index in [1.807, 2.05) is 12.1 Å². The third-order valence-electron chi connectivity index (χ3n) is 1.70. The Morgan fingerprint density at radius 3 is 2.94 bits per heavy atom. The number of aromatic nitrogens is 1. The van der Waals surface area contributed by atoms with E-state index < -0.39 is 5.97 Å². The molecule has 0 spiro atoms. The zero-order valence-electron chi connectivity index (χ0n) is 7.88. The third kappa shape index (κ3) is 2.59. The van der Waals surface area contributed by atoms with E-state index in [2.05, 4.69) is 20.9 Å². The molecule has 0 fully saturated rings. The molecule has 0 saturated heterocycles. The first kappa shape index (κ1) is 11.1.